The Bertz CT molecular complexity index is 740. The Morgan fingerprint density at radius 1 is 1.04 bits per heavy atom. The summed E-state index contributed by atoms with van der Waals surface area (Å²) in [4.78, 5) is 12.6. The normalized spacial score (nSPS) is 11.7. The van der Waals surface area contributed by atoms with Crippen molar-refractivity contribution in [1.82, 2.24) is 5.32 Å². The quantitative estimate of drug-likeness (QED) is 0.801. The first kappa shape index (κ1) is 18.8. The summed E-state index contributed by atoms with van der Waals surface area (Å²) in [6, 6.07) is 11.4. The molecule has 0 unspecified atom stereocenters. The maximum absolute atomic E-state index is 12.6. The molecule has 0 radical (unpaired) electrons. The van der Waals surface area contributed by atoms with E-state index in [2.05, 4.69) is 5.32 Å². The van der Waals surface area contributed by atoms with E-state index < -0.39 is 0 Å². The fourth-order valence-corrected chi connectivity index (χ4v) is 2.69. The van der Waals surface area contributed by atoms with E-state index in [4.69, 9.17) is 9.47 Å². The minimum absolute atomic E-state index is 0.0689. The van der Waals surface area contributed by atoms with Gasteiger partial charge in [-0.05, 0) is 69.5 Å². The molecule has 0 aliphatic heterocycles. The van der Waals surface area contributed by atoms with Gasteiger partial charge in [0.25, 0.3) is 5.91 Å². The summed E-state index contributed by atoms with van der Waals surface area (Å²) < 4.78 is 11.3. The van der Waals surface area contributed by atoms with E-state index in [1.165, 1.54) is 0 Å². The number of ether oxygens (including phenoxy) is 2. The number of aryl methyl sites for hydroxylation is 1. The van der Waals surface area contributed by atoms with Crippen LogP contribution in [0.2, 0.25) is 0 Å². The molecule has 0 spiro atoms. The molecule has 0 saturated carbocycles. The van der Waals surface area contributed by atoms with E-state index in [9.17, 15) is 4.79 Å². The predicted octanol–water partition coefficient (Wildman–Crippen LogP) is 4.59. The third-order valence-corrected chi connectivity index (χ3v) is 4.26. The highest BCUT2D eigenvalue weighted by Crippen LogP contribution is 2.31. The van der Waals surface area contributed by atoms with E-state index in [-0.39, 0.29) is 11.9 Å². The SMILES string of the molecule is CCOc1ccc([C@@H](C)NC(=O)c2cccc(C)c2C)cc1OCC. The van der Waals surface area contributed by atoms with Crippen molar-refractivity contribution in [3.05, 3.63) is 58.7 Å². The molecule has 0 bridgehead atoms. The molecule has 0 aliphatic rings. The molecule has 4 heteroatoms. The second kappa shape index (κ2) is 8.56. The van der Waals surface area contributed by atoms with Gasteiger partial charge in [-0.25, -0.2) is 0 Å². The van der Waals surface area contributed by atoms with Gasteiger partial charge in [0.1, 0.15) is 0 Å². The highest BCUT2D eigenvalue weighted by molar-refractivity contribution is 5.96. The van der Waals surface area contributed by atoms with Gasteiger partial charge in [0.2, 0.25) is 0 Å². The Hall–Kier alpha value is -2.49. The third kappa shape index (κ3) is 4.53. The molecule has 2 aromatic carbocycles. The van der Waals surface area contributed by atoms with Gasteiger partial charge in [-0.3, -0.25) is 4.79 Å². The maximum Gasteiger partial charge on any atom is 0.252 e. The topological polar surface area (TPSA) is 47.6 Å². The van der Waals surface area contributed by atoms with Crippen LogP contribution in [-0.2, 0) is 0 Å². The molecule has 1 amide bonds. The van der Waals surface area contributed by atoms with Gasteiger partial charge < -0.3 is 14.8 Å². The lowest BCUT2D eigenvalue weighted by atomic mass is 10.0. The molecule has 25 heavy (non-hydrogen) atoms. The molecule has 0 heterocycles. The summed E-state index contributed by atoms with van der Waals surface area (Å²) in [6.45, 7) is 11.0. The number of carbonyl (C=O) groups is 1. The van der Waals surface area contributed by atoms with Gasteiger partial charge in [0.15, 0.2) is 11.5 Å². The average Bonchev–Trinajstić information content (AvgIpc) is 2.59. The molecule has 0 saturated heterocycles. The Morgan fingerprint density at radius 3 is 2.40 bits per heavy atom. The van der Waals surface area contributed by atoms with Crippen LogP contribution >= 0.6 is 0 Å². The van der Waals surface area contributed by atoms with Crippen LogP contribution in [0.25, 0.3) is 0 Å². The third-order valence-electron chi connectivity index (χ3n) is 4.26. The van der Waals surface area contributed by atoms with Crippen LogP contribution in [0.15, 0.2) is 36.4 Å². The summed E-state index contributed by atoms with van der Waals surface area (Å²) in [5.74, 6) is 1.36. The Labute approximate surface area is 150 Å². The van der Waals surface area contributed by atoms with Crippen molar-refractivity contribution >= 4 is 5.91 Å². The lowest BCUT2D eigenvalue weighted by molar-refractivity contribution is 0.0939. The minimum Gasteiger partial charge on any atom is -0.490 e. The molecule has 1 N–H and O–H groups in total. The van der Waals surface area contributed by atoms with E-state index in [0.29, 0.717) is 24.5 Å². The van der Waals surface area contributed by atoms with Crippen molar-refractivity contribution in [2.24, 2.45) is 0 Å². The number of nitrogens with one attached hydrogen (secondary N) is 1. The second-order valence-corrected chi connectivity index (χ2v) is 6.01. The zero-order valence-corrected chi connectivity index (χ0v) is 15.7. The molecule has 1 atom stereocenters. The first-order chi connectivity index (χ1) is 12.0. The molecule has 0 aliphatic carbocycles. The zero-order valence-electron chi connectivity index (χ0n) is 15.7. The number of carbonyl (C=O) groups excluding carboxylic acids is 1. The summed E-state index contributed by atoms with van der Waals surface area (Å²) in [5, 5.41) is 3.07. The summed E-state index contributed by atoms with van der Waals surface area (Å²) in [7, 11) is 0. The monoisotopic (exact) mass is 341 g/mol. The Kier molecular flexibility index (Phi) is 6.45. The highest BCUT2D eigenvalue weighted by atomic mass is 16.5. The van der Waals surface area contributed by atoms with Crippen molar-refractivity contribution in [2.45, 2.75) is 40.7 Å². The summed E-state index contributed by atoms with van der Waals surface area (Å²) in [6.07, 6.45) is 0. The van der Waals surface area contributed by atoms with E-state index in [1.54, 1.807) is 0 Å². The van der Waals surface area contributed by atoms with Crippen LogP contribution < -0.4 is 14.8 Å². The molecule has 0 fully saturated rings. The maximum atomic E-state index is 12.6. The molecule has 4 nitrogen and oxygen atoms in total. The summed E-state index contributed by atoms with van der Waals surface area (Å²) >= 11 is 0. The predicted molar refractivity (Wildman–Crippen MR) is 101 cm³/mol. The number of benzene rings is 2. The van der Waals surface area contributed by atoms with Crippen molar-refractivity contribution in [1.29, 1.82) is 0 Å². The number of hydrogen-bond donors (Lipinski definition) is 1. The van der Waals surface area contributed by atoms with Gasteiger partial charge in [-0.1, -0.05) is 18.2 Å². The lowest BCUT2D eigenvalue weighted by Crippen LogP contribution is -2.27. The molecule has 2 aromatic rings. The van der Waals surface area contributed by atoms with Gasteiger partial charge in [0.05, 0.1) is 19.3 Å². The molecular formula is C21H27NO3. The molecule has 134 valence electrons. The number of amides is 1. The van der Waals surface area contributed by atoms with Gasteiger partial charge in [-0.15, -0.1) is 0 Å². The van der Waals surface area contributed by atoms with Crippen molar-refractivity contribution in [3.63, 3.8) is 0 Å². The van der Waals surface area contributed by atoms with E-state index in [0.717, 1.165) is 22.4 Å². The Balaban J connectivity index is 2.19. The molecule has 0 aromatic heterocycles. The average molecular weight is 341 g/mol. The minimum atomic E-state index is -0.137. The fourth-order valence-electron chi connectivity index (χ4n) is 2.69. The van der Waals surface area contributed by atoms with Crippen LogP contribution in [0.1, 0.15) is 53.9 Å². The van der Waals surface area contributed by atoms with Crippen LogP contribution in [0.4, 0.5) is 0 Å². The van der Waals surface area contributed by atoms with Crippen LogP contribution in [0.5, 0.6) is 11.5 Å². The zero-order chi connectivity index (χ0) is 18.4. The van der Waals surface area contributed by atoms with Gasteiger partial charge >= 0.3 is 0 Å². The summed E-state index contributed by atoms with van der Waals surface area (Å²) in [5.41, 5.74) is 3.81. The first-order valence-corrected chi connectivity index (χ1v) is 8.74. The highest BCUT2D eigenvalue weighted by Gasteiger charge is 2.16. The first-order valence-electron chi connectivity index (χ1n) is 8.74. The Morgan fingerprint density at radius 2 is 1.72 bits per heavy atom. The van der Waals surface area contributed by atoms with Crippen molar-refractivity contribution in [2.75, 3.05) is 13.2 Å². The van der Waals surface area contributed by atoms with Gasteiger partial charge in [-0.2, -0.15) is 0 Å². The van der Waals surface area contributed by atoms with Crippen LogP contribution in [-0.4, -0.2) is 19.1 Å². The molecule has 2 rings (SSSR count). The lowest BCUT2D eigenvalue weighted by Gasteiger charge is -2.18. The standard InChI is InChI=1S/C21H27NO3/c1-6-24-19-12-11-17(13-20(19)25-7-2)16(5)22-21(23)18-10-8-9-14(3)15(18)4/h8-13,16H,6-7H2,1-5H3,(H,22,23)/t16-/m1/s1. The van der Waals surface area contributed by atoms with Crippen molar-refractivity contribution in [3.8, 4) is 11.5 Å². The number of hydrogen-bond acceptors (Lipinski definition) is 3. The number of rotatable bonds is 7. The largest absolute Gasteiger partial charge is 0.490 e. The smallest absolute Gasteiger partial charge is 0.252 e. The second-order valence-electron chi connectivity index (χ2n) is 6.01. The van der Waals surface area contributed by atoms with Crippen LogP contribution in [0.3, 0.4) is 0 Å². The fraction of sp³-hybridized carbons (Fsp3) is 0.381. The van der Waals surface area contributed by atoms with Crippen LogP contribution in [0, 0.1) is 13.8 Å². The van der Waals surface area contributed by atoms with Crippen molar-refractivity contribution < 1.29 is 14.3 Å². The van der Waals surface area contributed by atoms with E-state index in [1.807, 2.05) is 71.0 Å². The van der Waals surface area contributed by atoms with E-state index >= 15 is 0 Å². The molecular weight excluding hydrogens is 314 g/mol. The van der Waals surface area contributed by atoms with Gasteiger partial charge in [0, 0.05) is 5.56 Å².